The topological polar surface area (TPSA) is 29.1 Å². The number of rotatable bonds is 3. The minimum Gasteiger partial charge on any atom is -0.322 e. The van der Waals surface area contributed by atoms with Gasteiger partial charge in [0.2, 0.25) is 0 Å². The fourth-order valence-corrected chi connectivity index (χ4v) is 1.77. The number of hydrogen-bond donors (Lipinski definition) is 1. The van der Waals surface area contributed by atoms with Crippen molar-refractivity contribution >= 4 is 33.1 Å². The zero-order chi connectivity index (χ0) is 13.0. The molecule has 0 spiro atoms. The maximum Gasteiger partial charge on any atom is 0.255 e. The Hall–Kier alpha value is -1.87. The van der Waals surface area contributed by atoms with E-state index in [4.69, 9.17) is 0 Å². The number of carbonyl (C=O) groups excluding carboxylic acids is 1. The second-order valence-corrected chi connectivity index (χ2v) is 4.72. The third-order valence-corrected chi connectivity index (χ3v) is 3.03. The van der Waals surface area contributed by atoms with Crippen LogP contribution < -0.4 is 5.32 Å². The van der Waals surface area contributed by atoms with Crippen molar-refractivity contribution in [1.29, 1.82) is 0 Å². The number of hydrogen-bond acceptors (Lipinski definition) is 1. The van der Waals surface area contributed by atoms with Gasteiger partial charge in [-0.2, -0.15) is 0 Å². The van der Waals surface area contributed by atoms with Crippen LogP contribution in [0.2, 0.25) is 0 Å². The molecule has 0 aromatic heterocycles. The molecule has 1 amide bonds. The zero-order valence-corrected chi connectivity index (χ0v) is 11.3. The summed E-state index contributed by atoms with van der Waals surface area (Å²) in [7, 11) is 0. The summed E-state index contributed by atoms with van der Waals surface area (Å²) in [5, 5.41) is 2.81. The Morgan fingerprint density at radius 3 is 2.22 bits per heavy atom. The highest BCUT2D eigenvalue weighted by Crippen LogP contribution is 2.17. The highest BCUT2D eigenvalue weighted by molar-refractivity contribution is 9.10. The van der Waals surface area contributed by atoms with E-state index < -0.39 is 0 Å². The molecule has 0 heterocycles. The lowest BCUT2D eigenvalue weighted by atomic mass is 10.1. The molecular weight excluding hydrogens is 290 g/mol. The first-order valence-electron chi connectivity index (χ1n) is 5.48. The smallest absolute Gasteiger partial charge is 0.255 e. The maximum absolute atomic E-state index is 12.0. The predicted octanol–water partition coefficient (Wildman–Crippen LogP) is 4.10. The molecule has 0 bridgehead atoms. The molecule has 0 aliphatic carbocycles. The van der Waals surface area contributed by atoms with Gasteiger partial charge < -0.3 is 5.32 Å². The van der Waals surface area contributed by atoms with E-state index >= 15 is 0 Å². The van der Waals surface area contributed by atoms with E-state index in [9.17, 15) is 4.79 Å². The van der Waals surface area contributed by atoms with E-state index in [0.29, 0.717) is 5.57 Å². The first-order chi connectivity index (χ1) is 8.66. The minimum absolute atomic E-state index is 0.191. The fraction of sp³-hybridized carbons (Fsp3) is 0. The normalized spacial score (nSPS) is 9.83. The lowest BCUT2D eigenvalue weighted by Gasteiger charge is -2.07. The third kappa shape index (κ3) is 3.08. The summed E-state index contributed by atoms with van der Waals surface area (Å²) in [6, 6.07) is 16.8. The van der Waals surface area contributed by atoms with Crippen LogP contribution in [0.15, 0.2) is 65.6 Å². The van der Waals surface area contributed by atoms with Gasteiger partial charge in [0.15, 0.2) is 0 Å². The second-order valence-electron chi connectivity index (χ2n) is 3.81. The molecule has 0 radical (unpaired) electrons. The Morgan fingerprint density at radius 1 is 1.00 bits per heavy atom. The van der Waals surface area contributed by atoms with Gasteiger partial charge in [-0.25, -0.2) is 0 Å². The van der Waals surface area contributed by atoms with E-state index in [1.165, 1.54) is 0 Å². The van der Waals surface area contributed by atoms with E-state index in [-0.39, 0.29) is 5.91 Å². The molecule has 90 valence electrons. The summed E-state index contributed by atoms with van der Waals surface area (Å²) in [5.74, 6) is -0.191. The van der Waals surface area contributed by atoms with Crippen LogP contribution in [0.5, 0.6) is 0 Å². The molecule has 3 heteroatoms. The van der Waals surface area contributed by atoms with Gasteiger partial charge in [0.25, 0.3) is 5.91 Å². The van der Waals surface area contributed by atoms with Crippen LogP contribution in [0.25, 0.3) is 5.57 Å². The molecule has 0 unspecified atom stereocenters. The average molecular weight is 302 g/mol. The van der Waals surface area contributed by atoms with Crippen LogP contribution in [0.1, 0.15) is 5.56 Å². The highest BCUT2D eigenvalue weighted by atomic mass is 79.9. The average Bonchev–Trinajstić information content (AvgIpc) is 2.41. The Balaban J connectivity index is 2.09. The summed E-state index contributed by atoms with van der Waals surface area (Å²) in [5.41, 5.74) is 2.03. The highest BCUT2D eigenvalue weighted by Gasteiger charge is 2.08. The molecule has 0 saturated carbocycles. The summed E-state index contributed by atoms with van der Waals surface area (Å²) < 4.78 is 0.974. The number of halogens is 1. The molecule has 0 saturated heterocycles. The molecule has 0 aliphatic rings. The van der Waals surface area contributed by atoms with Crippen molar-refractivity contribution in [3.05, 3.63) is 71.2 Å². The lowest BCUT2D eigenvalue weighted by molar-refractivity contribution is -0.111. The molecule has 1 N–H and O–H groups in total. The van der Waals surface area contributed by atoms with Gasteiger partial charge >= 0.3 is 0 Å². The van der Waals surface area contributed by atoms with Gasteiger partial charge in [-0.15, -0.1) is 0 Å². The maximum atomic E-state index is 12.0. The van der Waals surface area contributed by atoms with Crippen molar-refractivity contribution in [1.82, 2.24) is 0 Å². The van der Waals surface area contributed by atoms with Crippen molar-refractivity contribution < 1.29 is 4.79 Å². The predicted molar refractivity (Wildman–Crippen MR) is 78.2 cm³/mol. The van der Waals surface area contributed by atoms with E-state index in [1.54, 1.807) is 0 Å². The molecule has 0 atom stereocenters. The summed E-state index contributed by atoms with van der Waals surface area (Å²) in [6.45, 7) is 3.82. The molecular formula is C15H12BrNO. The zero-order valence-electron chi connectivity index (χ0n) is 9.69. The van der Waals surface area contributed by atoms with Crippen LogP contribution in [-0.4, -0.2) is 5.91 Å². The van der Waals surface area contributed by atoms with Crippen molar-refractivity contribution in [2.24, 2.45) is 0 Å². The van der Waals surface area contributed by atoms with E-state index in [2.05, 4.69) is 27.8 Å². The van der Waals surface area contributed by atoms with Gasteiger partial charge in [0.05, 0.1) is 0 Å². The Morgan fingerprint density at radius 2 is 1.61 bits per heavy atom. The van der Waals surface area contributed by atoms with Crippen molar-refractivity contribution in [2.75, 3.05) is 5.32 Å². The number of benzene rings is 2. The molecule has 0 fully saturated rings. The van der Waals surface area contributed by atoms with Crippen LogP contribution in [0.4, 0.5) is 5.69 Å². The summed E-state index contributed by atoms with van der Waals surface area (Å²) >= 11 is 3.35. The molecule has 2 rings (SSSR count). The molecule has 2 nitrogen and oxygen atoms in total. The van der Waals surface area contributed by atoms with Crippen LogP contribution >= 0.6 is 15.9 Å². The Bertz CT molecular complexity index is 561. The minimum atomic E-state index is -0.191. The third-order valence-electron chi connectivity index (χ3n) is 2.50. The number of nitrogens with one attached hydrogen (secondary N) is 1. The van der Waals surface area contributed by atoms with Crippen molar-refractivity contribution in [3.63, 3.8) is 0 Å². The standard InChI is InChI=1S/C15H12BrNO/c1-11(12-5-3-2-4-6-12)15(18)17-14-9-7-13(16)8-10-14/h2-10H,1H2,(H,17,18). The van der Waals surface area contributed by atoms with E-state index in [1.807, 2.05) is 54.6 Å². The first-order valence-corrected chi connectivity index (χ1v) is 6.27. The second kappa shape index (κ2) is 5.65. The van der Waals surface area contributed by atoms with Gasteiger partial charge in [-0.3, -0.25) is 4.79 Å². The SMILES string of the molecule is C=C(C(=O)Nc1ccc(Br)cc1)c1ccccc1. The van der Waals surface area contributed by atoms with Crippen LogP contribution in [-0.2, 0) is 4.79 Å². The molecule has 18 heavy (non-hydrogen) atoms. The number of carbonyl (C=O) groups is 1. The summed E-state index contributed by atoms with van der Waals surface area (Å²) in [6.07, 6.45) is 0. The largest absolute Gasteiger partial charge is 0.322 e. The quantitative estimate of drug-likeness (QED) is 0.850. The Labute approximate surface area is 114 Å². The van der Waals surface area contributed by atoms with Gasteiger partial charge in [-0.05, 0) is 29.8 Å². The monoisotopic (exact) mass is 301 g/mol. The van der Waals surface area contributed by atoms with Gasteiger partial charge in [0, 0.05) is 15.7 Å². The summed E-state index contributed by atoms with van der Waals surface area (Å²) in [4.78, 5) is 12.0. The van der Waals surface area contributed by atoms with Gasteiger partial charge in [0.1, 0.15) is 0 Å². The number of anilines is 1. The first kappa shape index (κ1) is 12.6. The number of amides is 1. The Kier molecular flexibility index (Phi) is 3.95. The fourth-order valence-electron chi connectivity index (χ4n) is 1.51. The van der Waals surface area contributed by atoms with Crippen molar-refractivity contribution in [3.8, 4) is 0 Å². The van der Waals surface area contributed by atoms with Crippen LogP contribution in [0, 0.1) is 0 Å². The molecule has 2 aromatic rings. The molecule has 0 aliphatic heterocycles. The van der Waals surface area contributed by atoms with E-state index in [0.717, 1.165) is 15.7 Å². The van der Waals surface area contributed by atoms with Gasteiger partial charge in [-0.1, -0.05) is 52.8 Å². The molecule has 2 aromatic carbocycles. The lowest BCUT2D eigenvalue weighted by Crippen LogP contribution is -2.12. The van der Waals surface area contributed by atoms with Crippen molar-refractivity contribution in [2.45, 2.75) is 0 Å². The van der Waals surface area contributed by atoms with Crippen LogP contribution in [0.3, 0.4) is 0 Å².